The molecule has 2 N–H and O–H groups in total. The minimum absolute atomic E-state index is 0.0840. The molecule has 1 aliphatic carbocycles. The molecule has 0 saturated heterocycles. The van der Waals surface area contributed by atoms with Crippen LogP contribution in [0, 0.1) is 23.8 Å². The Hall–Kier alpha value is -2.85. The Morgan fingerprint density at radius 2 is 2.13 bits per heavy atom. The maximum absolute atomic E-state index is 12.2. The maximum atomic E-state index is 12.2. The van der Waals surface area contributed by atoms with E-state index in [1.165, 1.54) is 16.8 Å². The number of thiophene rings is 1. The third kappa shape index (κ3) is 4.31. The van der Waals surface area contributed by atoms with Crippen molar-refractivity contribution >= 4 is 50.1 Å². The van der Waals surface area contributed by atoms with Gasteiger partial charge in [0.05, 0.1) is 18.2 Å². The number of aryl methyl sites for hydroxylation is 2. The largest absolute Gasteiger partial charge is 0.466 e. The predicted molar refractivity (Wildman–Crippen MR) is 122 cm³/mol. The lowest BCUT2D eigenvalue weighted by atomic mass is 9.88. The van der Waals surface area contributed by atoms with Gasteiger partial charge in [-0.25, -0.2) is 9.97 Å². The van der Waals surface area contributed by atoms with E-state index in [0.29, 0.717) is 29.6 Å². The van der Waals surface area contributed by atoms with Crippen molar-refractivity contribution in [1.82, 2.24) is 9.97 Å². The van der Waals surface area contributed by atoms with Crippen molar-refractivity contribution in [2.75, 3.05) is 11.6 Å². The lowest BCUT2D eigenvalue weighted by molar-refractivity contribution is -0.148. The van der Waals surface area contributed by atoms with Gasteiger partial charge in [0.25, 0.3) is 0 Å². The standard InChI is InChI=1S/C21H22N6O2S2/c1-3-29-20(28)13-9-10-15-16(11-13)30-18-17(15)19(25-12(2)24-18)31-21(22)27(26-23)14-7-5-4-6-8-14/h4-8,13,22-23H,3,9-11H2,1-2H3. The minimum Gasteiger partial charge on any atom is -0.466 e. The Balaban J connectivity index is 1.67. The fourth-order valence-electron chi connectivity index (χ4n) is 3.71. The number of para-hydroxylation sites is 1. The van der Waals surface area contributed by atoms with Crippen molar-refractivity contribution in [3.8, 4) is 0 Å². The van der Waals surface area contributed by atoms with Gasteiger partial charge in [0.15, 0.2) is 5.17 Å². The van der Waals surface area contributed by atoms with Gasteiger partial charge in [-0.15, -0.1) is 11.3 Å². The molecule has 1 unspecified atom stereocenters. The SMILES string of the molecule is CCOC(=O)C1CCc2c(sc3nc(C)nc(SC(=N)N(N=N)c4ccccc4)c23)C1. The number of thioether (sulfide) groups is 1. The molecule has 0 amide bonds. The molecule has 160 valence electrons. The maximum Gasteiger partial charge on any atom is 0.309 e. The van der Waals surface area contributed by atoms with Crippen LogP contribution in [0.15, 0.2) is 40.6 Å². The normalized spacial score (nSPS) is 15.4. The molecule has 1 atom stereocenters. The van der Waals surface area contributed by atoms with Crippen molar-refractivity contribution in [1.29, 1.82) is 10.9 Å². The molecular formula is C21H22N6O2S2. The van der Waals surface area contributed by atoms with Crippen LogP contribution in [0.5, 0.6) is 0 Å². The summed E-state index contributed by atoms with van der Waals surface area (Å²) >= 11 is 2.75. The zero-order valence-electron chi connectivity index (χ0n) is 17.2. The predicted octanol–water partition coefficient (Wildman–Crippen LogP) is 5.15. The molecule has 0 radical (unpaired) electrons. The van der Waals surface area contributed by atoms with E-state index >= 15 is 0 Å². The number of carbonyl (C=O) groups excluding carboxylic acids is 1. The first-order chi connectivity index (χ1) is 15.0. The number of fused-ring (bicyclic) bond motifs is 3. The van der Waals surface area contributed by atoms with Gasteiger partial charge in [-0.2, -0.15) is 10.5 Å². The summed E-state index contributed by atoms with van der Waals surface area (Å²) in [4.78, 5) is 23.4. The van der Waals surface area contributed by atoms with Crippen LogP contribution >= 0.6 is 23.1 Å². The van der Waals surface area contributed by atoms with E-state index < -0.39 is 0 Å². The van der Waals surface area contributed by atoms with E-state index in [-0.39, 0.29) is 17.1 Å². The van der Waals surface area contributed by atoms with Crippen molar-refractivity contribution in [3.63, 3.8) is 0 Å². The van der Waals surface area contributed by atoms with E-state index in [4.69, 9.17) is 15.7 Å². The minimum atomic E-state index is -0.139. The van der Waals surface area contributed by atoms with Gasteiger partial charge in [-0.3, -0.25) is 10.2 Å². The van der Waals surface area contributed by atoms with E-state index in [1.54, 1.807) is 23.5 Å². The summed E-state index contributed by atoms with van der Waals surface area (Å²) in [6.45, 7) is 4.04. The van der Waals surface area contributed by atoms with Crippen LogP contribution in [0.4, 0.5) is 5.69 Å². The molecule has 0 saturated carbocycles. The van der Waals surface area contributed by atoms with Crippen molar-refractivity contribution in [3.05, 3.63) is 46.6 Å². The number of amidine groups is 1. The zero-order chi connectivity index (χ0) is 22.0. The Morgan fingerprint density at radius 1 is 1.35 bits per heavy atom. The Kier molecular flexibility index (Phi) is 6.28. The van der Waals surface area contributed by atoms with Gasteiger partial charge in [0.1, 0.15) is 15.7 Å². The number of rotatable bonds is 5. The topological polar surface area (TPSA) is 115 Å². The molecular weight excluding hydrogens is 432 g/mol. The molecule has 1 aliphatic rings. The molecule has 2 aromatic heterocycles. The number of carbonyl (C=O) groups is 1. The highest BCUT2D eigenvalue weighted by Crippen LogP contribution is 2.41. The quantitative estimate of drug-likeness (QED) is 0.105. The van der Waals surface area contributed by atoms with Crippen molar-refractivity contribution in [2.45, 2.75) is 38.1 Å². The van der Waals surface area contributed by atoms with Crippen LogP contribution in [0.1, 0.15) is 29.6 Å². The summed E-state index contributed by atoms with van der Waals surface area (Å²) in [6, 6.07) is 9.16. The third-order valence-electron chi connectivity index (χ3n) is 5.09. The first-order valence-corrected chi connectivity index (χ1v) is 11.6. The number of anilines is 1. The lowest BCUT2D eigenvalue weighted by Gasteiger charge is -2.21. The van der Waals surface area contributed by atoms with E-state index in [0.717, 1.165) is 33.5 Å². The fraction of sp³-hybridized carbons (Fsp3) is 0.333. The summed E-state index contributed by atoms with van der Waals surface area (Å²) in [6.07, 6.45) is 2.12. The van der Waals surface area contributed by atoms with Gasteiger partial charge in [0, 0.05) is 10.3 Å². The second kappa shape index (κ2) is 9.11. The number of aromatic nitrogens is 2. The first-order valence-electron chi connectivity index (χ1n) is 9.96. The van der Waals surface area contributed by atoms with Crippen LogP contribution in [0.2, 0.25) is 0 Å². The monoisotopic (exact) mass is 454 g/mol. The second-order valence-corrected chi connectivity index (χ2v) is 9.17. The van der Waals surface area contributed by atoms with Crippen LogP contribution in [-0.4, -0.2) is 27.7 Å². The number of ether oxygens (including phenoxy) is 1. The molecule has 3 aromatic rings. The number of nitrogens with one attached hydrogen (secondary N) is 2. The van der Waals surface area contributed by atoms with E-state index in [2.05, 4.69) is 15.2 Å². The lowest BCUT2D eigenvalue weighted by Crippen LogP contribution is -2.24. The van der Waals surface area contributed by atoms with Crippen LogP contribution in [-0.2, 0) is 22.4 Å². The second-order valence-electron chi connectivity index (χ2n) is 7.11. The smallest absolute Gasteiger partial charge is 0.309 e. The molecule has 0 fully saturated rings. The van der Waals surface area contributed by atoms with Crippen LogP contribution in [0.3, 0.4) is 0 Å². The van der Waals surface area contributed by atoms with Gasteiger partial charge in [0.2, 0.25) is 0 Å². The summed E-state index contributed by atoms with van der Waals surface area (Å²) in [5.41, 5.74) is 9.34. The zero-order valence-corrected chi connectivity index (χ0v) is 18.8. The number of benzene rings is 1. The van der Waals surface area contributed by atoms with Crippen molar-refractivity contribution in [2.24, 2.45) is 11.1 Å². The average Bonchev–Trinajstić information content (AvgIpc) is 3.12. The fourth-order valence-corrected chi connectivity index (χ4v) is 6.03. The summed E-state index contributed by atoms with van der Waals surface area (Å²) in [5, 5.41) is 15.1. The Bertz CT molecular complexity index is 1150. The molecule has 8 nitrogen and oxygen atoms in total. The number of esters is 1. The van der Waals surface area contributed by atoms with Crippen molar-refractivity contribution < 1.29 is 9.53 Å². The average molecular weight is 455 g/mol. The van der Waals surface area contributed by atoms with Gasteiger partial charge in [-0.1, -0.05) is 23.4 Å². The highest BCUT2D eigenvalue weighted by atomic mass is 32.2. The number of nitrogens with zero attached hydrogens (tertiary/aromatic N) is 4. The Labute approximate surface area is 188 Å². The van der Waals surface area contributed by atoms with Crippen LogP contribution in [0.25, 0.3) is 10.2 Å². The molecule has 0 aliphatic heterocycles. The summed E-state index contributed by atoms with van der Waals surface area (Å²) in [7, 11) is 0. The number of hydrogen-bond acceptors (Lipinski definition) is 9. The highest BCUT2D eigenvalue weighted by molar-refractivity contribution is 8.14. The molecule has 31 heavy (non-hydrogen) atoms. The molecule has 0 bridgehead atoms. The first kappa shape index (κ1) is 21.4. The molecule has 1 aromatic carbocycles. The summed E-state index contributed by atoms with van der Waals surface area (Å²) in [5.74, 6) is 0.358. The summed E-state index contributed by atoms with van der Waals surface area (Å²) < 4.78 is 5.22. The Morgan fingerprint density at radius 3 is 2.84 bits per heavy atom. The number of hydrogen-bond donors (Lipinski definition) is 2. The molecule has 10 heteroatoms. The van der Waals surface area contributed by atoms with Crippen LogP contribution < -0.4 is 5.01 Å². The van der Waals surface area contributed by atoms with Gasteiger partial charge in [-0.05, 0) is 62.6 Å². The van der Waals surface area contributed by atoms with Gasteiger partial charge < -0.3 is 4.74 Å². The molecule has 4 rings (SSSR count). The van der Waals surface area contributed by atoms with E-state index in [1.807, 2.05) is 32.0 Å². The molecule has 0 spiro atoms. The molecule has 2 heterocycles. The van der Waals surface area contributed by atoms with Gasteiger partial charge >= 0.3 is 5.97 Å². The van der Waals surface area contributed by atoms with E-state index in [9.17, 15) is 4.79 Å². The highest BCUT2D eigenvalue weighted by Gasteiger charge is 2.30. The third-order valence-corrected chi connectivity index (χ3v) is 7.10.